The zero-order valence-corrected chi connectivity index (χ0v) is 19.5. The van der Waals surface area contributed by atoms with Crippen LogP contribution in [-0.2, 0) is 28.5 Å². The molecule has 4 rings (SSSR count). The van der Waals surface area contributed by atoms with Crippen molar-refractivity contribution < 1.29 is 28.5 Å². The van der Waals surface area contributed by atoms with Gasteiger partial charge in [0.15, 0.2) is 41.5 Å². The number of terminal acetylenes is 1. The van der Waals surface area contributed by atoms with E-state index in [9.17, 15) is 9.59 Å². The fourth-order valence-electron chi connectivity index (χ4n) is 4.58. The number of carbonyl (C=O) groups excluding carboxylic acids is 2. The Kier molecular flexibility index (Phi) is 7.29. The second-order valence-corrected chi connectivity index (χ2v) is 8.38. The number of anilines is 1. The number of aromatic nitrogens is 4. The van der Waals surface area contributed by atoms with Gasteiger partial charge in [-0.1, -0.05) is 5.92 Å². The van der Waals surface area contributed by atoms with Gasteiger partial charge in [-0.05, 0) is 32.6 Å². The van der Waals surface area contributed by atoms with Crippen molar-refractivity contribution in [1.29, 1.82) is 0 Å². The highest BCUT2D eigenvalue weighted by Crippen LogP contribution is 2.36. The molecular weight excluding hydrogens is 442 g/mol. The lowest BCUT2D eigenvalue weighted by atomic mass is 9.93. The van der Waals surface area contributed by atoms with E-state index in [1.807, 2.05) is 6.92 Å². The number of hydrogen-bond acceptors (Lipinski definition) is 10. The minimum Gasteiger partial charge on any atom is -0.455 e. The second kappa shape index (κ2) is 10.4. The lowest BCUT2D eigenvalue weighted by molar-refractivity contribution is -0.165. The number of nitrogens with one attached hydrogen (secondary N) is 1. The molecule has 3 heterocycles. The van der Waals surface area contributed by atoms with Crippen LogP contribution in [0.2, 0.25) is 0 Å². The maximum atomic E-state index is 11.8. The van der Waals surface area contributed by atoms with Gasteiger partial charge in [-0.3, -0.25) is 14.2 Å². The molecule has 0 aromatic carbocycles. The van der Waals surface area contributed by atoms with E-state index in [0.717, 1.165) is 32.3 Å². The molecule has 0 unspecified atom stereocenters. The lowest BCUT2D eigenvalue weighted by Gasteiger charge is -2.29. The molecule has 0 spiro atoms. The summed E-state index contributed by atoms with van der Waals surface area (Å²) in [6.45, 7) is 5.26. The molecule has 2 aromatic rings. The van der Waals surface area contributed by atoms with E-state index in [4.69, 9.17) is 25.4 Å². The van der Waals surface area contributed by atoms with Crippen LogP contribution < -0.4 is 5.32 Å². The van der Waals surface area contributed by atoms with Gasteiger partial charge < -0.3 is 24.3 Å². The van der Waals surface area contributed by atoms with Crippen molar-refractivity contribution >= 4 is 28.9 Å². The van der Waals surface area contributed by atoms with E-state index >= 15 is 0 Å². The monoisotopic (exact) mass is 471 g/mol. The Bertz CT molecular complexity index is 1070. The number of rotatable bonds is 7. The van der Waals surface area contributed by atoms with Gasteiger partial charge in [0.1, 0.15) is 6.33 Å². The van der Waals surface area contributed by atoms with Crippen molar-refractivity contribution in [3.8, 4) is 12.3 Å². The van der Waals surface area contributed by atoms with Gasteiger partial charge >= 0.3 is 11.9 Å². The summed E-state index contributed by atoms with van der Waals surface area (Å²) >= 11 is 0. The third kappa shape index (κ3) is 4.98. The first kappa shape index (κ1) is 23.9. The van der Waals surface area contributed by atoms with Crippen molar-refractivity contribution in [1.82, 2.24) is 19.5 Å². The van der Waals surface area contributed by atoms with E-state index in [0.29, 0.717) is 23.1 Å². The van der Waals surface area contributed by atoms with E-state index in [1.54, 1.807) is 4.57 Å². The molecule has 1 aliphatic heterocycles. The van der Waals surface area contributed by atoms with Crippen LogP contribution >= 0.6 is 0 Å². The number of carbonyl (C=O) groups is 2. The Morgan fingerprint density at radius 2 is 1.85 bits per heavy atom. The fourth-order valence-corrected chi connectivity index (χ4v) is 4.58. The molecule has 0 amide bonds. The maximum Gasteiger partial charge on any atom is 0.303 e. The van der Waals surface area contributed by atoms with Crippen molar-refractivity contribution in [2.45, 2.75) is 83.1 Å². The Morgan fingerprint density at radius 3 is 2.50 bits per heavy atom. The largest absolute Gasteiger partial charge is 0.455 e. The standard InChI is InChI=1S/C23H29N5O6/c1-5-17-19(32-13(3)29)20(33-14(4)30)23(34-17)28-12-26-18-21(24-11-25-22(18)28)27-15-7-9-16(10-8-15)31-6-2/h1,11-12,15-17,19-20,23H,6-10H2,2-4H3,(H,24,25,27)/t15-,16-,17-,19-,20-,23-/m1/s1. The van der Waals surface area contributed by atoms with Gasteiger partial charge in [0.05, 0.1) is 12.4 Å². The molecule has 1 saturated heterocycles. The highest BCUT2D eigenvalue weighted by atomic mass is 16.6. The summed E-state index contributed by atoms with van der Waals surface area (Å²) in [5, 5.41) is 3.48. The van der Waals surface area contributed by atoms with Crippen LogP contribution in [0.3, 0.4) is 0 Å². The minimum atomic E-state index is -0.972. The molecular formula is C23H29N5O6. The molecule has 0 radical (unpaired) electrons. The summed E-state index contributed by atoms with van der Waals surface area (Å²) in [6.07, 6.45) is 9.04. The SMILES string of the molecule is C#C[C@H]1O[C@@H](n2cnc3c(N[C@H]4CC[C@H](OCC)CC4)ncnc32)[C@H](OC(C)=O)[C@@H]1OC(C)=O. The van der Waals surface area contributed by atoms with Gasteiger partial charge in [-0.2, -0.15) is 0 Å². The Balaban J connectivity index is 1.59. The van der Waals surface area contributed by atoms with Crippen LogP contribution in [0.4, 0.5) is 5.82 Å². The smallest absolute Gasteiger partial charge is 0.303 e. The zero-order valence-electron chi connectivity index (χ0n) is 19.5. The normalized spacial score (nSPS) is 28.9. The second-order valence-electron chi connectivity index (χ2n) is 8.38. The highest BCUT2D eigenvalue weighted by molar-refractivity contribution is 5.83. The Labute approximate surface area is 197 Å². The van der Waals surface area contributed by atoms with Crippen LogP contribution in [0.25, 0.3) is 11.2 Å². The molecule has 4 atom stereocenters. The third-order valence-electron chi connectivity index (χ3n) is 6.01. The van der Waals surface area contributed by atoms with Crippen molar-refractivity contribution in [2.75, 3.05) is 11.9 Å². The van der Waals surface area contributed by atoms with E-state index in [1.165, 1.54) is 26.5 Å². The predicted octanol–water partition coefficient (Wildman–Crippen LogP) is 1.98. The van der Waals surface area contributed by atoms with Crippen molar-refractivity contribution in [3.63, 3.8) is 0 Å². The predicted molar refractivity (Wildman–Crippen MR) is 120 cm³/mol. The topological polar surface area (TPSA) is 127 Å². The molecule has 34 heavy (non-hydrogen) atoms. The van der Waals surface area contributed by atoms with E-state index in [-0.39, 0.29) is 6.04 Å². The first-order valence-electron chi connectivity index (χ1n) is 11.4. The van der Waals surface area contributed by atoms with Crippen LogP contribution in [0.1, 0.15) is 52.7 Å². The number of nitrogens with zero attached hydrogens (tertiary/aromatic N) is 4. The minimum absolute atomic E-state index is 0.246. The number of esters is 2. The number of ether oxygens (including phenoxy) is 4. The maximum absolute atomic E-state index is 11.8. The summed E-state index contributed by atoms with van der Waals surface area (Å²) in [4.78, 5) is 36.7. The zero-order chi connectivity index (χ0) is 24.2. The first-order valence-corrected chi connectivity index (χ1v) is 11.4. The third-order valence-corrected chi connectivity index (χ3v) is 6.01. The molecule has 1 aliphatic carbocycles. The van der Waals surface area contributed by atoms with Gasteiger partial charge in [-0.25, -0.2) is 15.0 Å². The van der Waals surface area contributed by atoms with Gasteiger partial charge in [0.2, 0.25) is 0 Å². The van der Waals surface area contributed by atoms with Crippen LogP contribution in [0, 0.1) is 12.3 Å². The summed E-state index contributed by atoms with van der Waals surface area (Å²) in [5.41, 5.74) is 1.02. The summed E-state index contributed by atoms with van der Waals surface area (Å²) < 4.78 is 24.1. The molecule has 11 heteroatoms. The Hall–Kier alpha value is -3.23. The van der Waals surface area contributed by atoms with Gasteiger partial charge in [0, 0.05) is 26.5 Å². The van der Waals surface area contributed by atoms with E-state index in [2.05, 4.69) is 26.2 Å². The highest BCUT2D eigenvalue weighted by Gasteiger charge is 2.50. The number of imidazole rings is 1. The molecule has 0 bridgehead atoms. The number of hydrogen-bond donors (Lipinski definition) is 1. The van der Waals surface area contributed by atoms with Crippen LogP contribution in [0.15, 0.2) is 12.7 Å². The quantitative estimate of drug-likeness (QED) is 0.473. The van der Waals surface area contributed by atoms with E-state index < -0.39 is 36.5 Å². The average Bonchev–Trinajstić information content (AvgIpc) is 3.37. The first-order chi connectivity index (χ1) is 16.4. The number of fused-ring (bicyclic) bond motifs is 1. The van der Waals surface area contributed by atoms with Crippen LogP contribution in [-0.4, -0.2) is 68.5 Å². The molecule has 1 saturated carbocycles. The molecule has 11 nitrogen and oxygen atoms in total. The van der Waals surface area contributed by atoms with Gasteiger partial charge in [-0.15, -0.1) is 6.42 Å². The average molecular weight is 472 g/mol. The molecule has 2 aliphatic rings. The van der Waals surface area contributed by atoms with Crippen LogP contribution in [0.5, 0.6) is 0 Å². The molecule has 2 fully saturated rings. The van der Waals surface area contributed by atoms with Crippen molar-refractivity contribution in [2.24, 2.45) is 0 Å². The Morgan fingerprint density at radius 1 is 1.15 bits per heavy atom. The van der Waals surface area contributed by atoms with Gasteiger partial charge in [0.25, 0.3) is 0 Å². The molecule has 1 N–H and O–H groups in total. The molecule has 2 aromatic heterocycles. The molecule has 182 valence electrons. The summed E-state index contributed by atoms with van der Waals surface area (Å²) in [6, 6.07) is 0.246. The fraction of sp³-hybridized carbons (Fsp3) is 0.609. The lowest BCUT2D eigenvalue weighted by Crippen LogP contribution is -2.38. The summed E-state index contributed by atoms with van der Waals surface area (Å²) in [7, 11) is 0. The summed E-state index contributed by atoms with van der Waals surface area (Å²) in [5.74, 6) is 1.95. The van der Waals surface area contributed by atoms with Crippen molar-refractivity contribution in [3.05, 3.63) is 12.7 Å².